The molecular formula is C15H20O2. The molecule has 1 fully saturated rings. The van der Waals surface area contributed by atoms with Crippen LogP contribution in [0.3, 0.4) is 0 Å². The van der Waals surface area contributed by atoms with Gasteiger partial charge in [-0.15, -0.1) is 0 Å². The van der Waals surface area contributed by atoms with Crippen molar-refractivity contribution in [3.8, 4) is 0 Å². The van der Waals surface area contributed by atoms with Crippen LogP contribution in [0.4, 0.5) is 0 Å². The van der Waals surface area contributed by atoms with Crippen molar-refractivity contribution < 1.29 is 9.53 Å². The summed E-state index contributed by atoms with van der Waals surface area (Å²) in [5, 5.41) is 0. The summed E-state index contributed by atoms with van der Waals surface area (Å²) in [4.78, 5) is 12.5. The van der Waals surface area contributed by atoms with Crippen molar-refractivity contribution in [2.24, 2.45) is 11.8 Å². The van der Waals surface area contributed by atoms with Crippen molar-refractivity contribution >= 4 is 5.78 Å². The molecule has 1 aromatic carbocycles. The molecule has 1 heterocycles. The second-order valence-corrected chi connectivity index (χ2v) is 5.16. The van der Waals surface area contributed by atoms with Gasteiger partial charge in [0.15, 0.2) is 5.78 Å². The molecule has 1 aliphatic rings. The molecule has 92 valence electrons. The smallest absolute Gasteiger partial charge is 0.168 e. The van der Waals surface area contributed by atoms with Crippen LogP contribution in [-0.4, -0.2) is 18.0 Å². The summed E-state index contributed by atoms with van der Waals surface area (Å²) in [7, 11) is 0. The van der Waals surface area contributed by atoms with Crippen molar-refractivity contribution in [2.45, 2.75) is 39.9 Å². The minimum atomic E-state index is -0.00759. The topological polar surface area (TPSA) is 26.3 Å². The Hall–Kier alpha value is -1.15. The summed E-state index contributed by atoms with van der Waals surface area (Å²) in [5.41, 5.74) is 1.94. The van der Waals surface area contributed by atoms with Gasteiger partial charge in [-0.05, 0) is 32.8 Å². The SMILES string of the molecule is Cc1cccc(C(=O)C2C(C)OC(C)C2C)c1. The molecule has 17 heavy (non-hydrogen) atoms. The second kappa shape index (κ2) is 4.61. The van der Waals surface area contributed by atoms with Gasteiger partial charge in [-0.1, -0.05) is 30.7 Å². The third-order valence-corrected chi connectivity index (χ3v) is 3.85. The summed E-state index contributed by atoms with van der Waals surface area (Å²) in [5.74, 6) is 0.503. The van der Waals surface area contributed by atoms with Crippen LogP contribution in [0.5, 0.6) is 0 Å². The van der Waals surface area contributed by atoms with Crippen molar-refractivity contribution in [3.05, 3.63) is 35.4 Å². The van der Waals surface area contributed by atoms with Gasteiger partial charge in [-0.2, -0.15) is 0 Å². The van der Waals surface area contributed by atoms with Crippen LogP contribution in [0.15, 0.2) is 24.3 Å². The number of rotatable bonds is 2. The first-order valence-corrected chi connectivity index (χ1v) is 6.27. The quantitative estimate of drug-likeness (QED) is 0.732. The molecule has 0 saturated carbocycles. The van der Waals surface area contributed by atoms with Crippen molar-refractivity contribution in [2.75, 3.05) is 0 Å². The van der Waals surface area contributed by atoms with E-state index in [-0.39, 0.29) is 29.8 Å². The number of hydrogen-bond donors (Lipinski definition) is 0. The van der Waals surface area contributed by atoms with Gasteiger partial charge in [0.2, 0.25) is 0 Å². The summed E-state index contributed by atoms with van der Waals surface area (Å²) in [6, 6.07) is 7.82. The Bertz CT molecular complexity index is 425. The first-order chi connectivity index (χ1) is 8.00. The highest BCUT2D eigenvalue weighted by Crippen LogP contribution is 2.34. The molecule has 2 nitrogen and oxygen atoms in total. The molecule has 0 aliphatic carbocycles. The third-order valence-electron chi connectivity index (χ3n) is 3.85. The summed E-state index contributed by atoms with van der Waals surface area (Å²) in [6.45, 7) is 8.16. The number of ketones is 1. The standard InChI is InChI=1S/C15H20O2/c1-9-6-5-7-13(8-9)15(16)14-10(2)11(3)17-12(14)4/h5-8,10-12,14H,1-4H3. The number of benzene rings is 1. The highest BCUT2D eigenvalue weighted by atomic mass is 16.5. The molecule has 4 unspecified atom stereocenters. The zero-order valence-electron chi connectivity index (χ0n) is 10.9. The van der Waals surface area contributed by atoms with Crippen molar-refractivity contribution in [1.29, 1.82) is 0 Å². The van der Waals surface area contributed by atoms with Crippen LogP contribution < -0.4 is 0 Å². The van der Waals surface area contributed by atoms with Gasteiger partial charge in [0, 0.05) is 5.56 Å². The van der Waals surface area contributed by atoms with Crippen LogP contribution >= 0.6 is 0 Å². The van der Waals surface area contributed by atoms with E-state index < -0.39 is 0 Å². The molecule has 0 bridgehead atoms. The lowest BCUT2D eigenvalue weighted by atomic mass is 9.83. The summed E-state index contributed by atoms with van der Waals surface area (Å²) in [6.07, 6.45) is 0.191. The first kappa shape index (κ1) is 12.3. The largest absolute Gasteiger partial charge is 0.374 e. The van der Waals surface area contributed by atoms with Gasteiger partial charge in [0.1, 0.15) is 0 Å². The molecule has 0 spiro atoms. The molecular weight excluding hydrogens is 212 g/mol. The lowest BCUT2D eigenvalue weighted by Gasteiger charge is -2.17. The molecule has 2 rings (SSSR count). The Morgan fingerprint density at radius 3 is 2.41 bits per heavy atom. The maximum absolute atomic E-state index is 12.5. The molecule has 1 saturated heterocycles. The summed E-state index contributed by atoms with van der Waals surface area (Å²) < 4.78 is 5.74. The Balaban J connectivity index is 2.26. The zero-order valence-corrected chi connectivity index (χ0v) is 10.9. The molecule has 0 radical (unpaired) electrons. The molecule has 0 aromatic heterocycles. The van der Waals surface area contributed by atoms with E-state index in [4.69, 9.17) is 4.74 Å². The monoisotopic (exact) mass is 232 g/mol. The van der Waals surface area contributed by atoms with Gasteiger partial charge in [0.05, 0.1) is 18.1 Å². The Kier molecular flexibility index (Phi) is 3.34. The number of carbonyl (C=O) groups excluding carboxylic acids is 1. The van der Waals surface area contributed by atoms with Crippen LogP contribution in [0.2, 0.25) is 0 Å². The highest BCUT2D eigenvalue weighted by Gasteiger charge is 2.41. The maximum Gasteiger partial charge on any atom is 0.168 e. The minimum absolute atomic E-state index is 0.00759. The van der Waals surface area contributed by atoms with Crippen molar-refractivity contribution in [1.82, 2.24) is 0 Å². The average Bonchev–Trinajstić information content (AvgIpc) is 2.52. The Morgan fingerprint density at radius 1 is 1.18 bits per heavy atom. The van der Waals surface area contributed by atoms with E-state index in [1.807, 2.05) is 45.0 Å². The van der Waals surface area contributed by atoms with Gasteiger partial charge < -0.3 is 4.74 Å². The van der Waals surface area contributed by atoms with Gasteiger partial charge in [-0.25, -0.2) is 0 Å². The first-order valence-electron chi connectivity index (χ1n) is 6.27. The number of ether oxygens (including phenoxy) is 1. The molecule has 1 aromatic rings. The lowest BCUT2D eigenvalue weighted by Crippen LogP contribution is -2.26. The molecule has 4 atom stereocenters. The predicted octanol–water partition coefficient (Wildman–Crippen LogP) is 3.24. The van der Waals surface area contributed by atoms with Gasteiger partial charge in [0.25, 0.3) is 0 Å². The maximum atomic E-state index is 12.5. The minimum Gasteiger partial charge on any atom is -0.374 e. The average molecular weight is 232 g/mol. The third kappa shape index (κ3) is 2.27. The molecule has 1 aliphatic heterocycles. The highest BCUT2D eigenvalue weighted by molar-refractivity contribution is 5.98. The van der Waals surface area contributed by atoms with E-state index in [0.29, 0.717) is 0 Å². The molecule has 0 N–H and O–H groups in total. The number of aryl methyl sites for hydroxylation is 1. The van der Waals surface area contributed by atoms with Crippen LogP contribution in [0.1, 0.15) is 36.7 Å². The molecule has 2 heteroatoms. The predicted molar refractivity (Wildman–Crippen MR) is 68.2 cm³/mol. The van der Waals surface area contributed by atoms with E-state index >= 15 is 0 Å². The van der Waals surface area contributed by atoms with Crippen LogP contribution in [0.25, 0.3) is 0 Å². The number of Topliss-reactive ketones (excluding diaryl/α,β-unsaturated/α-hetero) is 1. The Morgan fingerprint density at radius 2 is 1.88 bits per heavy atom. The number of carbonyl (C=O) groups is 1. The van der Waals surface area contributed by atoms with E-state index in [9.17, 15) is 4.79 Å². The Labute approximate surface area is 103 Å². The fraction of sp³-hybridized carbons (Fsp3) is 0.533. The fourth-order valence-electron chi connectivity index (χ4n) is 2.71. The van der Waals surface area contributed by atoms with Gasteiger partial charge in [-0.3, -0.25) is 4.79 Å². The van der Waals surface area contributed by atoms with E-state index in [1.165, 1.54) is 0 Å². The lowest BCUT2D eigenvalue weighted by molar-refractivity contribution is 0.0491. The molecule has 0 amide bonds. The van der Waals surface area contributed by atoms with E-state index in [2.05, 4.69) is 6.92 Å². The summed E-state index contributed by atoms with van der Waals surface area (Å²) >= 11 is 0. The second-order valence-electron chi connectivity index (χ2n) is 5.16. The van der Waals surface area contributed by atoms with Crippen LogP contribution in [-0.2, 0) is 4.74 Å². The van der Waals surface area contributed by atoms with E-state index in [0.717, 1.165) is 11.1 Å². The van der Waals surface area contributed by atoms with E-state index in [1.54, 1.807) is 0 Å². The number of hydrogen-bond acceptors (Lipinski definition) is 2. The van der Waals surface area contributed by atoms with Crippen LogP contribution in [0, 0.1) is 18.8 Å². The fourth-order valence-corrected chi connectivity index (χ4v) is 2.71. The normalized spacial score (nSPS) is 32.7. The zero-order chi connectivity index (χ0) is 12.6. The van der Waals surface area contributed by atoms with Crippen molar-refractivity contribution in [3.63, 3.8) is 0 Å². The van der Waals surface area contributed by atoms with Gasteiger partial charge >= 0.3 is 0 Å².